The van der Waals surface area contributed by atoms with E-state index in [1.807, 2.05) is 12.1 Å². The summed E-state index contributed by atoms with van der Waals surface area (Å²) in [5.41, 5.74) is 1.27. The summed E-state index contributed by atoms with van der Waals surface area (Å²) < 4.78 is 5.15. The molecule has 1 unspecified atom stereocenters. The van der Waals surface area contributed by atoms with Crippen LogP contribution in [-0.2, 0) is 0 Å². The molecule has 86 valence electrons. The van der Waals surface area contributed by atoms with Gasteiger partial charge in [-0.25, -0.2) is 0 Å². The van der Waals surface area contributed by atoms with E-state index in [9.17, 15) is 0 Å². The van der Waals surface area contributed by atoms with Gasteiger partial charge >= 0.3 is 0 Å². The van der Waals surface area contributed by atoms with E-state index < -0.39 is 0 Å². The highest BCUT2D eigenvalue weighted by Crippen LogP contribution is 2.25. The van der Waals surface area contributed by atoms with Crippen LogP contribution in [0, 0.1) is 0 Å². The van der Waals surface area contributed by atoms with Gasteiger partial charge in [-0.1, -0.05) is 12.1 Å². The summed E-state index contributed by atoms with van der Waals surface area (Å²) >= 11 is 5.26. The molecular formula is C12H16N2OS. The van der Waals surface area contributed by atoms with Gasteiger partial charge in [0.1, 0.15) is 5.75 Å². The fraction of sp³-hybridized carbons (Fsp3) is 0.417. The lowest BCUT2D eigenvalue weighted by molar-refractivity contribution is 0.377. The standard InChI is InChI=1S/C12H16N2OS/c1-3-14-11(8-13-12(14)16)9-4-6-10(15-2)7-5-9/h4-7,11H,3,8H2,1-2H3,(H,13,16). The molecule has 0 radical (unpaired) electrons. The zero-order chi connectivity index (χ0) is 11.5. The largest absolute Gasteiger partial charge is 0.497 e. The first-order valence-electron chi connectivity index (χ1n) is 5.44. The predicted molar refractivity (Wildman–Crippen MR) is 68.7 cm³/mol. The summed E-state index contributed by atoms with van der Waals surface area (Å²) in [5.74, 6) is 0.889. The molecule has 1 saturated heterocycles. The lowest BCUT2D eigenvalue weighted by Crippen LogP contribution is -2.29. The maximum atomic E-state index is 5.26. The maximum absolute atomic E-state index is 5.26. The molecule has 4 heteroatoms. The van der Waals surface area contributed by atoms with Crippen molar-refractivity contribution in [1.29, 1.82) is 0 Å². The summed E-state index contributed by atoms with van der Waals surface area (Å²) in [7, 11) is 1.68. The lowest BCUT2D eigenvalue weighted by Gasteiger charge is -2.23. The van der Waals surface area contributed by atoms with Crippen molar-refractivity contribution >= 4 is 17.3 Å². The number of ether oxygens (including phenoxy) is 1. The van der Waals surface area contributed by atoms with Crippen LogP contribution in [-0.4, -0.2) is 30.2 Å². The Morgan fingerprint density at radius 1 is 1.44 bits per heavy atom. The molecule has 0 spiro atoms. The molecule has 1 heterocycles. The van der Waals surface area contributed by atoms with E-state index in [0.717, 1.165) is 24.0 Å². The monoisotopic (exact) mass is 236 g/mol. The van der Waals surface area contributed by atoms with Gasteiger partial charge < -0.3 is 15.0 Å². The first kappa shape index (κ1) is 11.2. The van der Waals surface area contributed by atoms with Gasteiger partial charge in [-0.15, -0.1) is 0 Å². The summed E-state index contributed by atoms with van der Waals surface area (Å²) in [6.45, 7) is 3.94. The van der Waals surface area contributed by atoms with E-state index in [1.165, 1.54) is 5.56 Å². The molecule has 1 aromatic carbocycles. The number of benzene rings is 1. The molecule has 1 N–H and O–H groups in total. The second-order valence-electron chi connectivity index (χ2n) is 3.76. The van der Waals surface area contributed by atoms with E-state index in [1.54, 1.807) is 7.11 Å². The molecule has 1 aliphatic rings. The lowest BCUT2D eigenvalue weighted by atomic mass is 10.1. The Morgan fingerprint density at radius 3 is 2.69 bits per heavy atom. The fourth-order valence-electron chi connectivity index (χ4n) is 2.03. The topological polar surface area (TPSA) is 24.5 Å². The Kier molecular flexibility index (Phi) is 3.29. The summed E-state index contributed by atoms with van der Waals surface area (Å²) in [6.07, 6.45) is 0. The maximum Gasteiger partial charge on any atom is 0.169 e. The molecule has 0 bridgehead atoms. The van der Waals surface area contributed by atoms with Crippen molar-refractivity contribution in [2.75, 3.05) is 20.2 Å². The number of nitrogens with one attached hydrogen (secondary N) is 1. The summed E-state index contributed by atoms with van der Waals surface area (Å²) in [5, 5.41) is 4.07. The van der Waals surface area contributed by atoms with Crippen molar-refractivity contribution in [3.8, 4) is 5.75 Å². The Morgan fingerprint density at radius 2 is 2.12 bits per heavy atom. The van der Waals surface area contributed by atoms with Gasteiger partial charge in [0.15, 0.2) is 5.11 Å². The van der Waals surface area contributed by atoms with Crippen LogP contribution in [0.2, 0.25) is 0 Å². The predicted octanol–water partition coefficient (Wildman–Crippen LogP) is 1.95. The van der Waals surface area contributed by atoms with E-state index in [-0.39, 0.29) is 0 Å². The van der Waals surface area contributed by atoms with Crippen LogP contribution >= 0.6 is 12.2 Å². The van der Waals surface area contributed by atoms with Crippen LogP contribution in [0.3, 0.4) is 0 Å². The van der Waals surface area contributed by atoms with Crippen LogP contribution in [0.4, 0.5) is 0 Å². The molecule has 0 aliphatic carbocycles. The third-order valence-corrected chi connectivity index (χ3v) is 3.30. The van der Waals surface area contributed by atoms with E-state index >= 15 is 0 Å². The van der Waals surface area contributed by atoms with E-state index in [2.05, 4.69) is 29.3 Å². The van der Waals surface area contributed by atoms with Gasteiger partial charge in [0.2, 0.25) is 0 Å². The minimum Gasteiger partial charge on any atom is -0.497 e. The molecule has 3 nitrogen and oxygen atoms in total. The molecule has 0 saturated carbocycles. The SMILES string of the molecule is CCN1C(=S)NCC1c1ccc(OC)cc1. The molecule has 1 fully saturated rings. The summed E-state index contributed by atoms with van der Waals surface area (Å²) in [4.78, 5) is 2.21. The Hall–Kier alpha value is -1.29. The van der Waals surface area contributed by atoms with Crippen LogP contribution in [0.5, 0.6) is 5.75 Å². The molecule has 0 aromatic heterocycles. The number of likely N-dealkylation sites (N-methyl/N-ethyl adjacent to an activating group) is 1. The van der Waals surface area contributed by atoms with Gasteiger partial charge in [-0.3, -0.25) is 0 Å². The van der Waals surface area contributed by atoms with E-state index in [0.29, 0.717) is 6.04 Å². The number of thiocarbonyl (C=S) groups is 1. The third kappa shape index (κ3) is 1.97. The number of hydrogen-bond donors (Lipinski definition) is 1. The first-order valence-corrected chi connectivity index (χ1v) is 5.85. The van der Waals surface area contributed by atoms with Crippen molar-refractivity contribution in [1.82, 2.24) is 10.2 Å². The number of hydrogen-bond acceptors (Lipinski definition) is 2. The van der Waals surface area contributed by atoms with Crippen molar-refractivity contribution in [2.24, 2.45) is 0 Å². The minimum atomic E-state index is 0.350. The Labute approximate surface area is 101 Å². The van der Waals surface area contributed by atoms with Gasteiger partial charge in [0.25, 0.3) is 0 Å². The smallest absolute Gasteiger partial charge is 0.169 e. The van der Waals surface area contributed by atoms with Crippen LogP contribution in [0.1, 0.15) is 18.5 Å². The zero-order valence-electron chi connectivity index (χ0n) is 9.56. The second kappa shape index (κ2) is 4.70. The second-order valence-corrected chi connectivity index (χ2v) is 4.15. The molecular weight excluding hydrogens is 220 g/mol. The van der Waals surface area contributed by atoms with Crippen molar-refractivity contribution in [3.63, 3.8) is 0 Å². The van der Waals surface area contributed by atoms with Crippen LogP contribution in [0.25, 0.3) is 0 Å². The highest BCUT2D eigenvalue weighted by Gasteiger charge is 2.27. The highest BCUT2D eigenvalue weighted by molar-refractivity contribution is 7.80. The number of nitrogens with zero attached hydrogens (tertiary/aromatic N) is 1. The molecule has 1 aromatic rings. The Bertz CT molecular complexity index is 377. The van der Waals surface area contributed by atoms with Crippen molar-refractivity contribution in [2.45, 2.75) is 13.0 Å². The number of methoxy groups -OCH3 is 1. The molecule has 1 aliphatic heterocycles. The van der Waals surface area contributed by atoms with Gasteiger partial charge in [0.05, 0.1) is 13.2 Å². The average Bonchev–Trinajstić information content (AvgIpc) is 2.70. The van der Waals surface area contributed by atoms with Crippen molar-refractivity contribution in [3.05, 3.63) is 29.8 Å². The molecule has 2 rings (SSSR count). The first-order chi connectivity index (χ1) is 7.76. The van der Waals surface area contributed by atoms with Gasteiger partial charge in [-0.05, 0) is 36.8 Å². The Balaban J connectivity index is 2.20. The third-order valence-electron chi connectivity index (χ3n) is 2.92. The molecule has 1 atom stereocenters. The van der Waals surface area contributed by atoms with Gasteiger partial charge in [0, 0.05) is 13.1 Å². The van der Waals surface area contributed by atoms with Crippen LogP contribution < -0.4 is 10.1 Å². The van der Waals surface area contributed by atoms with Crippen molar-refractivity contribution < 1.29 is 4.74 Å². The highest BCUT2D eigenvalue weighted by atomic mass is 32.1. The summed E-state index contributed by atoms with van der Waals surface area (Å²) in [6, 6.07) is 8.53. The zero-order valence-corrected chi connectivity index (χ0v) is 10.4. The van der Waals surface area contributed by atoms with E-state index in [4.69, 9.17) is 17.0 Å². The van der Waals surface area contributed by atoms with Crippen LogP contribution in [0.15, 0.2) is 24.3 Å². The van der Waals surface area contributed by atoms with Gasteiger partial charge in [-0.2, -0.15) is 0 Å². The quantitative estimate of drug-likeness (QED) is 0.811. The molecule has 16 heavy (non-hydrogen) atoms. The fourth-order valence-corrected chi connectivity index (χ4v) is 2.36. The average molecular weight is 236 g/mol. The number of rotatable bonds is 3. The molecule has 0 amide bonds. The normalized spacial score (nSPS) is 19.8. The minimum absolute atomic E-state index is 0.350.